The highest BCUT2D eigenvalue weighted by Crippen LogP contribution is 2.08. The van der Waals surface area contributed by atoms with E-state index in [0.717, 1.165) is 0 Å². The number of H-pyrrole nitrogens is 1. The Morgan fingerprint density at radius 2 is 2.27 bits per heavy atom. The van der Waals surface area contributed by atoms with Crippen LogP contribution in [0.1, 0.15) is 16.3 Å². The number of carbonyl (C=O) groups excluding carboxylic acids is 1. The van der Waals surface area contributed by atoms with Crippen molar-refractivity contribution in [1.29, 1.82) is 0 Å². The van der Waals surface area contributed by atoms with Crippen molar-refractivity contribution in [1.82, 2.24) is 29.5 Å². The first-order valence-corrected chi connectivity index (χ1v) is 6.67. The predicted molar refractivity (Wildman–Crippen MR) is 79.5 cm³/mol. The summed E-state index contributed by atoms with van der Waals surface area (Å²) in [6.45, 7) is 0.373. The molecule has 0 saturated heterocycles. The minimum Gasteiger partial charge on any atom is -0.397 e. The monoisotopic (exact) mass is 301 g/mol. The Labute approximate surface area is 124 Å². The molecule has 1 amide bonds. The van der Waals surface area contributed by atoms with Crippen molar-refractivity contribution in [2.24, 2.45) is 7.05 Å². The fourth-order valence-corrected chi connectivity index (χ4v) is 2.25. The molecule has 0 fully saturated rings. The van der Waals surface area contributed by atoms with E-state index in [4.69, 9.17) is 5.73 Å². The van der Waals surface area contributed by atoms with Gasteiger partial charge in [0.25, 0.3) is 11.5 Å². The number of aromatic amines is 1. The predicted octanol–water partition coefficient (Wildman–Crippen LogP) is -0.689. The number of nitrogens with zero attached hydrogens (tertiary/aromatic N) is 4. The van der Waals surface area contributed by atoms with Gasteiger partial charge in [-0.05, 0) is 6.07 Å². The molecule has 3 aromatic rings. The van der Waals surface area contributed by atoms with Crippen LogP contribution >= 0.6 is 0 Å². The third-order valence-electron chi connectivity index (χ3n) is 3.30. The Morgan fingerprint density at radius 1 is 1.45 bits per heavy atom. The van der Waals surface area contributed by atoms with Gasteiger partial charge >= 0.3 is 0 Å². The van der Waals surface area contributed by atoms with Crippen molar-refractivity contribution < 1.29 is 4.79 Å². The Kier molecular flexibility index (Phi) is 3.37. The summed E-state index contributed by atoms with van der Waals surface area (Å²) in [7, 11) is 1.75. The van der Waals surface area contributed by atoms with Gasteiger partial charge in [-0.15, -0.1) is 10.2 Å². The molecular weight excluding hydrogens is 286 g/mol. The van der Waals surface area contributed by atoms with Gasteiger partial charge < -0.3 is 20.6 Å². The first-order valence-electron chi connectivity index (χ1n) is 6.67. The van der Waals surface area contributed by atoms with E-state index in [1.165, 1.54) is 6.20 Å². The molecular formula is C13H15N7O2. The summed E-state index contributed by atoms with van der Waals surface area (Å²) in [5.41, 5.74) is 6.60. The summed E-state index contributed by atoms with van der Waals surface area (Å²) >= 11 is 0. The van der Waals surface area contributed by atoms with Gasteiger partial charge in [0.2, 0.25) is 5.65 Å². The van der Waals surface area contributed by atoms with E-state index in [1.807, 2.05) is 0 Å². The summed E-state index contributed by atoms with van der Waals surface area (Å²) in [6, 6.07) is 1.61. The number of fused-ring (bicyclic) bond motifs is 1. The van der Waals surface area contributed by atoms with Crippen molar-refractivity contribution in [3.8, 4) is 0 Å². The minimum absolute atomic E-state index is 0.217. The number of nitrogens with two attached hydrogens (primary N) is 1. The van der Waals surface area contributed by atoms with Crippen molar-refractivity contribution in [3.63, 3.8) is 0 Å². The highest BCUT2D eigenvalue weighted by molar-refractivity contribution is 5.93. The Balaban J connectivity index is 1.68. The first kappa shape index (κ1) is 13.9. The first-order chi connectivity index (χ1) is 10.6. The van der Waals surface area contributed by atoms with Gasteiger partial charge in [0.15, 0.2) is 0 Å². The molecule has 0 aliphatic carbocycles. The van der Waals surface area contributed by atoms with Gasteiger partial charge in [0, 0.05) is 38.6 Å². The fraction of sp³-hybridized carbons (Fsp3) is 0.231. The minimum atomic E-state index is -0.301. The van der Waals surface area contributed by atoms with Crippen LogP contribution in [0.5, 0.6) is 0 Å². The average molecular weight is 301 g/mol. The lowest BCUT2D eigenvalue weighted by Gasteiger charge is -2.05. The lowest BCUT2D eigenvalue weighted by atomic mass is 10.3. The summed E-state index contributed by atoms with van der Waals surface area (Å²) in [5.74, 6) is 0.388. The molecule has 0 spiro atoms. The standard InChI is InChI=1S/C13H15N7O2/c1-19-7-8(14)6-9(19)12(21)15-3-2-10-17-18-11-13(22)16-4-5-20(10)11/h4-7H,2-3,14H2,1H3,(H,15,21)(H,16,22). The van der Waals surface area contributed by atoms with Crippen LogP contribution < -0.4 is 16.6 Å². The van der Waals surface area contributed by atoms with Gasteiger partial charge in [-0.1, -0.05) is 0 Å². The molecule has 114 valence electrons. The van der Waals surface area contributed by atoms with Crippen molar-refractivity contribution in [2.75, 3.05) is 12.3 Å². The molecule has 4 N–H and O–H groups in total. The maximum atomic E-state index is 12.0. The van der Waals surface area contributed by atoms with E-state index in [9.17, 15) is 9.59 Å². The van der Waals surface area contributed by atoms with Crippen LogP contribution in [0.2, 0.25) is 0 Å². The molecule has 3 rings (SSSR count). The number of aromatic nitrogens is 5. The normalized spacial score (nSPS) is 11.0. The van der Waals surface area contributed by atoms with Crippen LogP contribution in [0.15, 0.2) is 29.5 Å². The zero-order chi connectivity index (χ0) is 15.7. The molecule has 9 nitrogen and oxygen atoms in total. The highest BCUT2D eigenvalue weighted by Gasteiger charge is 2.12. The number of hydrogen-bond acceptors (Lipinski definition) is 5. The third kappa shape index (κ3) is 2.43. The van der Waals surface area contributed by atoms with Crippen molar-refractivity contribution in [3.05, 3.63) is 46.5 Å². The number of nitrogen functional groups attached to an aromatic ring is 1. The SMILES string of the molecule is Cn1cc(N)cc1C(=O)NCCc1nnc2c(=O)[nH]ccn12. The van der Waals surface area contributed by atoms with Crippen LogP contribution in [0.4, 0.5) is 5.69 Å². The maximum Gasteiger partial charge on any atom is 0.293 e. The van der Waals surface area contributed by atoms with Crippen LogP contribution in [-0.4, -0.2) is 36.6 Å². The second-order valence-corrected chi connectivity index (χ2v) is 4.87. The van der Waals surface area contributed by atoms with Crippen LogP contribution in [0, 0.1) is 0 Å². The topological polar surface area (TPSA) is 123 Å². The van der Waals surface area contributed by atoms with Crippen LogP contribution in [0.25, 0.3) is 5.65 Å². The maximum absolute atomic E-state index is 12.0. The molecule has 0 aromatic carbocycles. The number of nitrogens with one attached hydrogen (secondary N) is 2. The van der Waals surface area contributed by atoms with E-state index in [1.54, 1.807) is 34.5 Å². The molecule has 9 heteroatoms. The molecule has 3 aromatic heterocycles. The van der Waals surface area contributed by atoms with E-state index < -0.39 is 0 Å². The number of aryl methyl sites for hydroxylation is 1. The second-order valence-electron chi connectivity index (χ2n) is 4.87. The van der Waals surface area contributed by atoms with E-state index in [0.29, 0.717) is 30.2 Å². The molecule has 0 aliphatic rings. The lowest BCUT2D eigenvalue weighted by molar-refractivity contribution is 0.0946. The number of anilines is 1. The summed E-state index contributed by atoms with van der Waals surface area (Å²) in [6.07, 6.45) is 5.32. The Morgan fingerprint density at radius 3 is 3.00 bits per heavy atom. The van der Waals surface area contributed by atoms with Gasteiger partial charge in [0.05, 0.1) is 5.69 Å². The van der Waals surface area contributed by atoms with Crippen LogP contribution in [0.3, 0.4) is 0 Å². The smallest absolute Gasteiger partial charge is 0.293 e. The van der Waals surface area contributed by atoms with Gasteiger partial charge in [-0.2, -0.15) is 0 Å². The molecule has 0 bridgehead atoms. The second kappa shape index (κ2) is 5.35. The zero-order valence-corrected chi connectivity index (χ0v) is 11.9. The lowest BCUT2D eigenvalue weighted by Crippen LogP contribution is -2.27. The van der Waals surface area contributed by atoms with Gasteiger partial charge in [0.1, 0.15) is 11.5 Å². The number of hydrogen-bond donors (Lipinski definition) is 3. The zero-order valence-electron chi connectivity index (χ0n) is 11.9. The van der Waals surface area contributed by atoms with E-state index >= 15 is 0 Å². The largest absolute Gasteiger partial charge is 0.397 e. The van der Waals surface area contributed by atoms with Crippen LogP contribution in [-0.2, 0) is 13.5 Å². The third-order valence-corrected chi connectivity index (χ3v) is 3.30. The Hall–Kier alpha value is -3.10. The number of carbonyl (C=O) groups is 1. The molecule has 22 heavy (non-hydrogen) atoms. The summed E-state index contributed by atoms with van der Waals surface area (Å²) in [5, 5.41) is 10.6. The molecule has 0 aliphatic heterocycles. The summed E-state index contributed by atoms with van der Waals surface area (Å²) < 4.78 is 3.27. The van der Waals surface area contributed by atoms with Gasteiger partial charge in [-0.3, -0.25) is 14.0 Å². The number of amides is 1. The molecule has 0 atom stereocenters. The van der Waals surface area contributed by atoms with Crippen molar-refractivity contribution in [2.45, 2.75) is 6.42 Å². The average Bonchev–Trinajstić information content (AvgIpc) is 3.03. The highest BCUT2D eigenvalue weighted by atomic mass is 16.2. The Bertz CT molecular complexity index is 889. The van der Waals surface area contributed by atoms with E-state index in [2.05, 4.69) is 20.5 Å². The quantitative estimate of drug-likeness (QED) is 0.588. The molecule has 3 heterocycles. The summed E-state index contributed by atoms with van der Waals surface area (Å²) in [4.78, 5) is 26.1. The van der Waals surface area contributed by atoms with Gasteiger partial charge in [-0.25, -0.2) is 0 Å². The molecule has 0 unspecified atom stereocenters. The number of rotatable bonds is 4. The molecule has 0 saturated carbocycles. The molecule has 0 radical (unpaired) electrons. The fourth-order valence-electron chi connectivity index (χ4n) is 2.25. The van der Waals surface area contributed by atoms with E-state index in [-0.39, 0.29) is 17.1 Å². The van der Waals surface area contributed by atoms with Crippen molar-refractivity contribution >= 4 is 17.2 Å².